The molecular weight excluding hydrogens is 409 g/mol. The molecule has 1 fully saturated rings. The van der Waals surface area contributed by atoms with Crippen molar-refractivity contribution in [3.8, 4) is 11.3 Å². The van der Waals surface area contributed by atoms with Gasteiger partial charge in [0, 0.05) is 36.7 Å². The molecule has 0 atom stereocenters. The van der Waals surface area contributed by atoms with Gasteiger partial charge in [0.1, 0.15) is 11.6 Å². The third-order valence-corrected chi connectivity index (χ3v) is 5.73. The number of likely N-dealkylation sites (tertiary alicyclic amines) is 1. The molecule has 10 heteroatoms. The fourth-order valence-corrected chi connectivity index (χ4v) is 3.92. The Morgan fingerprint density at radius 2 is 1.97 bits per heavy atom. The second-order valence-corrected chi connectivity index (χ2v) is 7.93. The molecule has 1 aliphatic heterocycles. The Kier molecular flexibility index (Phi) is 5.99. The molecule has 164 valence electrons. The first kappa shape index (κ1) is 21.4. The summed E-state index contributed by atoms with van der Waals surface area (Å²) in [5.74, 6) is 0.340. The minimum Gasteiger partial charge on any atom is -0.303 e. The van der Waals surface area contributed by atoms with Crippen molar-refractivity contribution in [3.05, 3.63) is 36.4 Å². The third-order valence-electron chi connectivity index (χ3n) is 5.73. The van der Waals surface area contributed by atoms with Crippen molar-refractivity contribution in [1.29, 1.82) is 0 Å². The number of piperidine rings is 1. The van der Waals surface area contributed by atoms with E-state index in [0.29, 0.717) is 31.8 Å². The average molecular weight is 432 g/mol. The Balaban J connectivity index is 1.39. The number of Topliss-reactive ketones (excluding diaryl/α,β-unsaturated/α-hetero) is 1. The quantitative estimate of drug-likeness (QED) is 0.595. The van der Waals surface area contributed by atoms with Gasteiger partial charge in [-0.25, -0.2) is 14.6 Å². The molecule has 0 radical (unpaired) electrons. The normalized spacial score (nSPS) is 16.1. The molecule has 2 aromatic heterocycles. The largest absolute Gasteiger partial charge is 0.390 e. The second-order valence-electron chi connectivity index (χ2n) is 7.93. The molecule has 0 spiro atoms. The standard InChI is InChI=1S/C21H23F3N6O/c1-29-18(13-26-28-29)15-2-3-16-12-25-20(27-17(16)10-15)11-19(31)14-4-7-30(8-5-14)9-6-21(22,23)24/h2-3,10,12-14H,4-9,11H2,1H3. The molecule has 4 rings (SSSR count). The predicted octanol–water partition coefficient (Wildman–Crippen LogP) is 3.20. The predicted molar refractivity (Wildman–Crippen MR) is 108 cm³/mol. The number of carbonyl (C=O) groups is 1. The first-order chi connectivity index (χ1) is 14.8. The molecule has 7 nitrogen and oxygen atoms in total. The highest BCUT2D eigenvalue weighted by atomic mass is 19.4. The van der Waals surface area contributed by atoms with Gasteiger partial charge in [-0.3, -0.25) is 4.79 Å². The summed E-state index contributed by atoms with van der Waals surface area (Å²) in [6.07, 6.45) is -0.311. The van der Waals surface area contributed by atoms with E-state index in [4.69, 9.17) is 0 Å². The fourth-order valence-electron chi connectivity index (χ4n) is 3.92. The number of hydrogen-bond acceptors (Lipinski definition) is 6. The molecule has 31 heavy (non-hydrogen) atoms. The molecule has 1 saturated heterocycles. The van der Waals surface area contributed by atoms with E-state index in [0.717, 1.165) is 22.2 Å². The van der Waals surface area contributed by atoms with Crippen LogP contribution >= 0.6 is 0 Å². The van der Waals surface area contributed by atoms with Gasteiger partial charge in [0.05, 0.1) is 30.2 Å². The highest BCUT2D eigenvalue weighted by Gasteiger charge is 2.30. The van der Waals surface area contributed by atoms with Crippen molar-refractivity contribution in [2.45, 2.75) is 31.9 Å². The van der Waals surface area contributed by atoms with Gasteiger partial charge in [-0.2, -0.15) is 13.2 Å². The number of fused-ring (bicyclic) bond motifs is 1. The number of rotatable bonds is 6. The zero-order valence-electron chi connectivity index (χ0n) is 17.1. The number of carbonyl (C=O) groups excluding carboxylic acids is 1. The number of ketones is 1. The highest BCUT2D eigenvalue weighted by molar-refractivity contribution is 5.85. The average Bonchev–Trinajstić information content (AvgIpc) is 3.17. The van der Waals surface area contributed by atoms with E-state index in [1.807, 2.05) is 25.2 Å². The third kappa shape index (κ3) is 5.25. The molecule has 3 heterocycles. The van der Waals surface area contributed by atoms with Crippen LogP contribution in [0.4, 0.5) is 13.2 Å². The number of benzene rings is 1. The van der Waals surface area contributed by atoms with Gasteiger partial charge in [0.25, 0.3) is 0 Å². The van der Waals surface area contributed by atoms with Gasteiger partial charge in [-0.05, 0) is 32.0 Å². The summed E-state index contributed by atoms with van der Waals surface area (Å²) < 4.78 is 38.8. The summed E-state index contributed by atoms with van der Waals surface area (Å²) in [5.41, 5.74) is 2.51. The maximum atomic E-state index is 12.7. The van der Waals surface area contributed by atoms with Crippen molar-refractivity contribution in [1.82, 2.24) is 29.9 Å². The van der Waals surface area contributed by atoms with Crippen LogP contribution in [0, 0.1) is 5.92 Å². The molecule has 0 amide bonds. The van der Waals surface area contributed by atoms with Crippen LogP contribution < -0.4 is 0 Å². The molecule has 0 aliphatic carbocycles. The smallest absolute Gasteiger partial charge is 0.303 e. The molecule has 3 aromatic rings. The minimum atomic E-state index is -4.15. The Bertz CT molecular complexity index is 1070. The summed E-state index contributed by atoms with van der Waals surface area (Å²) in [6, 6.07) is 5.78. The molecule has 1 aliphatic rings. The van der Waals surface area contributed by atoms with Crippen molar-refractivity contribution in [3.63, 3.8) is 0 Å². The van der Waals surface area contributed by atoms with Gasteiger partial charge < -0.3 is 4.90 Å². The lowest BCUT2D eigenvalue weighted by atomic mass is 9.90. The number of alkyl halides is 3. The molecule has 0 saturated carbocycles. The first-order valence-corrected chi connectivity index (χ1v) is 10.2. The topological polar surface area (TPSA) is 76.8 Å². The van der Waals surface area contributed by atoms with Crippen molar-refractivity contribution in [2.75, 3.05) is 19.6 Å². The van der Waals surface area contributed by atoms with E-state index in [9.17, 15) is 18.0 Å². The van der Waals surface area contributed by atoms with E-state index >= 15 is 0 Å². The first-order valence-electron chi connectivity index (χ1n) is 10.2. The van der Waals surface area contributed by atoms with E-state index < -0.39 is 12.6 Å². The number of hydrogen-bond donors (Lipinski definition) is 0. The van der Waals surface area contributed by atoms with Crippen LogP contribution in [0.1, 0.15) is 25.1 Å². The van der Waals surface area contributed by atoms with Gasteiger partial charge >= 0.3 is 6.18 Å². The molecule has 1 aromatic carbocycles. The van der Waals surface area contributed by atoms with Crippen LogP contribution in [0.3, 0.4) is 0 Å². The summed E-state index contributed by atoms with van der Waals surface area (Å²) in [5, 5.41) is 8.70. The molecule has 0 bridgehead atoms. The summed E-state index contributed by atoms with van der Waals surface area (Å²) in [7, 11) is 1.81. The van der Waals surface area contributed by atoms with Crippen LogP contribution in [0.2, 0.25) is 0 Å². The fraction of sp³-hybridized carbons (Fsp3) is 0.476. The minimum absolute atomic E-state index is 0.00723. The van der Waals surface area contributed by atoms with E-state index in [-0.39, 0.29) is 24.7 Å². The van der Waals surface area contributed by atoms with Crippen molar-refractivity contribution < 1.29 is 18.0 Å². The Hall–Kier alpha value is -2.88. The highest BCUT2D eigenvalue weighted by Crippen LogP contribution is 2.25. The van der Waals surface area contributed by atoms with E-state index in [1.54, 1.807) is 22.0 Å². The SMILES string of the molecule is Cn1nncc1-c1ccc2cnc(CC(=O)C3CCN(CCC(F)(F)F)CC3)nc2c1. The number of aromatic nitrogens is 5. The van der Waals surface area contributed by atoms with Gasteiger partial charge in [0.2, 0.25) is 0 Å². The lowest BCUT2D eigenvalue weighted by Crippen LogP contribution is -2.38. The number of nitrogens with zero attached hydrogens (tertiary/aromatic N) is 6. The maximum absolute atomic E-state index is 12.7. The zero-order valence-corrected chi connectivity index (χ0v) is 17.1. The van der Waals surface area contributed by atoms with Crippen LogP contribution in [0.15, 0.2) is 30.6 Å². The van der Waals surface area contributed by atoms with E-state index in [1.165, 1.54) is 0 Å². The van der Waals surface area contributed by atoms with Crippen LogP contribution in [0.5, 0.6) is 0 Å². The van der Waals surface area contributed by atoms with Crippen LogP contribution in [-0.4, -0.2) is 61.5 Å². The maximum Gasteiger partial charge on any atom is 0.390 e. The van der Waals surface area contributed by atoms with Crippen LogP contribution in [-0.2, 0) is 18.3 Å². The van der Waals surface area contributed by atoms with Gasteiger partial charge in [0.15, 0.2) is 0 Å². The lowest BCUT2D eigenvalue weighted by Gasteiger charge is -2.31. The Morgan fingerprint density at radius 3 is 2.65 bits per heavy atom. The summed E-state index contributed by atoms with van der Waals surface area (Å²) in [6.45, 7) is 1.01. The van der Waals surface area contributed by atoms with Crippen molar-refractivity contribution >= 4 is 16.7 Å². The summed E-state index contributed by atoms with van der Waals surface area (Å²) in [4.78, 5) is 23.4. The molecule has 0 N–H and O–H groups in total. The van der Waals surface area contributed by atoms with Crippen LogP contribution in [0.25, 0.3) is 22.2 Å². The summed E-state index contributed by atoms with van der Waals surface area (Å²) >= 11 is 0. The number of halogens is 3. The molecular formula is C21H23F3N6O. The zero-order chi connectivity index (χ0) is 22.0. The Labute approximate surface area is 177 Å². The second kappa shape index (κ2) is 8.70. The Morgan fingerprint density at radius 1 is 1.19 bits per heavy atom. The monoisotopic (exact) mass is 432 g/mol. The van der Waals surface area contributed by atoms with E-state index in [2.05, 4.69) is 20.3 Å². The number of aryl methyl sites for hydroxylation is 1. The van der Waals surface area contributed by atoms with Crippen molar-refractivity contribution in [2.24, 2.45) is 13.0 Å². The molecule has 0 unspecified atom stereocenters. The van der Waals surface area contributed by atoms with Gasteiger partial charge in [-0.1, -0.05) is 17.3 Å². The van der Waals surface area contributed by atoms with Gasteiger partial charge in [-0.15, -0.1) is 5.10 Å². The lowest BCUT2D eigenvalue weighted by molar-refractivity contribution is -0.139.